The van der Waals surface area contributed by atoms with E-state index in [1.54, 1.807) is 11.5 Å². The average molecular weight is 258 g/mol. The second-order valence-electron chi connectivity index (χ2n) is 4.11. The highest BCUT2D eigenvalue weighted by molar-refractivity contribution is 7.71. The number of aliphatic hydroxyl groups is 2. The van der Waals surface area contributed by atoms with Crippen LogP contribution in [0.3, 0.4) is 0 Å². The van der Waals surface area contributed by atoms with E-state index in [0.29, 0.717) is 0 Å². The Morgan fingerprint density at radius 1 is 1.65 bits per heavy atom. The molecule has 0 aromatic carbocycles. The van der Waals surface area contributed by atoms with Gasteiger partial charge in [-0.1, -0.05) is 6.92 Å². The molecule has 2 rings (SSSR count). The maximum absolute atomic E-state index is 11.1. The lowest BCUT2D eigenvalue weighted by Gasteiger charge is -2.18. The van der Waals surface area contributed by atoms with Crippen LogP contribution in [0.25, 0.3) is 0 Å². The highest BCUT2D eigenvalue weighted by Gasteiger charge is 2.41. The lowest BCUT2D eigenvalue weighted by Crippen LogP contribution is -2.28. The Balaban J connectivity index is 2.35. The predicted molar refractivity (Wildman–Crippen MR) is 62.1 cm³/mol. The van der Waals surface area contributed by atoms with Gasteiger partial charge in [0.1, 0.15) is 12.3 Å². The lowest BCUT2D eigenvalue weighted by atomic mass is 10.0. The van der Waals surface area contributed by atoms with Gasteiger partial charge in [-0.2, -0.15) is 0 Å². The van der Waals surface area contributed by atoms with Crippen LogP contribution in [0, 0.1) is 10.7 Å². The van der Waals surface area contributed by atoms with E-state index in [4.69, 9.17) is 22.1 Å². The van der Waals surface area contributed by atoms with E-state index in [2.05, 4.69) is 4.98 Å². The van der Waals surface area contributed by atoms with Crippen LogP contribution in [0.2, 0.25) is 0 Å². The zero-order chi connectivity index (χ0) is 12.6. The van der Waals surface area contributed by atoms with E-state index in [0.717, 1.165) is 0 Å². The fraction of sp³-hybridized carbons (Fsp3) is 0.600. The van der Waals surface area contributed by atoms with Crippen molar-refractivity contribution in [1.29, 1.82) is 0 Å². The summed E-state index contributed by atoms with van der Waals surface area (Å²) in [5.41, 5.74) is -0.281. The Morgan fingerprint density at radius 3 is 2.88 bits per heavy atom. The largest absolute Gasteiger partial charge is 0.394 e. The summed E-state index contributed by atoms with van der Waals surface area (Å²) in [7, 11) is 0. The van der Waals surface area contributed by atoms with Gasteiger partial charge in [0.05, 0.1) is 12.7 Å². The Labute approximate surface area is 102 Å². The molecule has 2 heterocycles. The van der Waals surface area contributed by atoms with E-state index in [9.17, 15) is 9.90 Å². The summed E-state index contributed by atoms with van der Waals surface area (Å²) in [6, 6.07) is 1.34. The molecule has 2 unspecified atom stereocenters. The SMILES string of the molecule is CC1C(O)[C@H](CO)O[C@@H]1n1ccc(=O)[nH]c1=S. The first-order chi connectivity index (χ1) is 8.04. The van der Waals surface area contributed by atoms with Gasteiger partial charge in [-0.25, -0.2) is 0 Å². The minimum Gasteiger partial charge on any atom is -0.394 e. The summed E-state index contributed by atoms with van der Waals surface area (Å²) in [6.07, 6.45) is -0.330. The van der Waals surface area contributed by atoms with Crippen molar-refractivity contribution in [1.82, 2.24) is 9.55 Å². The summed E-state index contributed by atoms with van der Waals surface area (Å²) in [5, 5.41) is 18.9. The summed E-state index contributed by atoms with van der Waals surface area (Å²) < 4.78 is 7.32. The molecular weight excluding hydrogens is 244 g/mol. The first-order valence-corrected chi connectivity index (χ1v) is 5.71. The second-order valence-corrected chi connectivity index (χ2v) is 4.50. The molecule has 3 N–H and O–H groups in total. The molecule has 7 heteroatoms. The fourth-order valence-electron chi connectivity index (χ4n) is 1.99. The van der Waals surface area contributed by atoms with Crippen molar-refractivity contribution >= 4 is 12.2 Å². The molecule has 6 nitrogen and oxygen atoms in total. The van der Waals surface area contributed by atoms with Crippen LogP contribution < -0.4 is 5.56 Å². The maximum atomic E-state index is 11.1. The van der Waals surface area contributed by atoms with Gasteiger partial charge in [-0.15, -0.1) is 0 Å². The zero-order valence-electron chi connectivity index (χ0n) is 9.24. The zero-order valence-corrected chi connectivity index (χ0v) is 10.1. The standard InChI is InChI=1S/C10H14N2O4S/c1-5-8(15)6(4-13)16-9(5)12-3-2-7(14)11-10(12)17/h2-3,5-6,8-9,13,15H,4H2,1H3,(H,11,14,17)/t5?,6-,8?,9-/m0/s1. The molecular formula is C10H14N2O4S. The number of nitrogens with one attached hydrogen (secondary N) is 1. The average Bonchev–Trinajstić information content (AvgIpc) is 2.57. The third-order valence-corrected chi connectivity index (χ3v) is 3.30. The number of aromatic amines is 1. The number of aromatic nitrogens is 2. The van der Waals surface area contributed by atoms with Crippen molar-refractivity contribution in [2.45, 2.75) is 25.4 Å². The molecule has 1 fully saturated rings. The monoisotopic (exact) mass is 258 g/mol. The molecule has 94 valence electrons. The number of rotatable bonds is 2. The van der Waals surface area contributed by atoms with Crippen molar-refractivity contribution < 1.29 is 14.9 Å². The summed E-state index contributed by atoms with van der Waals surface area (Å²) in [5.74, 6) is -0.218. The first kappa shape index (κ1) is 12.4. The fourth-order valence-corrected chi connectivity index (χ4v) is 2.25. The van der Waals surface area contributed by atoms with Crippen molar-refractivity contribution in [3.05, 3.63) is 27.4 Å². The molecule has 4 atom stereocenters. The van der Waals surface area contributed by atoms with Gasteiger partial charge in [-0.05, 0) is 12.2 Å². The predicted octanol–water partition coefficient (Wildman–Crippen LogP) is -0.207. The van der Waals surface area contributed by atoms with Crippen LogP contribution >= 0.6 is 12.2 Å². The minimum absolute atomic E-state index is 0.218. The number of nitrogens with zero attached hydrogens (tertiary/aromatic N) is 1. The van der Waals surface area contributed by atoms with Crippen LogP contribution in [-0.4, -0.2) is 38.6 Å². The molecule has 1 saturated heterocycles. The van der Waals surface area contributed by atoms with Crippen LogP contribution in [0.1, 0.15) is 13.2 Å². The number of ether oxygens (including phenoxy) is 1. The molecule has 1 aromatic rings. The molecule has 0 amide bonds. The van der Waals surface area contributed by atoms with E-state index >= 15 is 0 Å². The number of aliphatic hydroxyl groups excluding tert-OH is 2. The van der Waals surface area contributed by atoms with Gasteiger partial charge in [0.2, 0.25) is 0 Å². The quantitative estimate of drug-likeness (QED) is 0.639. The summed E-state index contributed by atoms with van der Waals surface area (Å²) >= 11 is 5.03. The molecule has 1 aromatic heterocycles. The van der Waals surface area contributed by atoms with Crippen molar-refractivity contribution in [3.63, 3.8) is 0 Å². The highest BCUT2D eigenvalue weighted by atomic mass is 32.1. The Bertz CT molecular complexity index is 512. The second kappa shape index (κ2) is 4.69. The van der Waals surface area contributed by atoms with Crippen LogP contribution in [0.5, 0.6) is 0 Å². The molecule has 0 saturated carbocycles. The Morgan fingerprint density at radius 2 is 2.35 bits per heavy atom. The van der Waals surface area contributed by atoms with Gasteiger partial charge >= 0.3 is 0 Å². The van der Waals surface area contributed by atoms with E-state index in [-0.39, 0.29) is 22.9 Å². The van der Waals surface area contributed by atoms with Crippen LogP contribution in [0.15, 0.2) is 17.1 Å². The minimum atomic E-state index is -0.751. The molecule has 17 heavy (non-hydrogen) atoms. The number of H-pyrrole nitrogens is 1. The van der Waals surface area contributed by atoms with E-state index in [1.165, 1.54) is 12.3 Å². The topological polar surface area (TPSA) is 87.5 Å². The molecule has 0 bridgehead atoms. The van der Waals surface area contributed by atoms with Gasteiger partial charge in [0.25, 0.3) is 5.56 Å². The van der Waals surface area contributed by atoms with Crippen LogP contribution in [-0.2, 0) is 4.74 Å². The van der Waals surface area contributed by atoms with Crippen molar-refractivity contribution in [2.75, 3.05) is 6.61 Å². The molecule has 0 aliphatic carbocycles. The maximum Gasteiger partial charge on any atom is 0.251 e. The smallest absolute Gasteiger partial charge is 0.251 e. The third-order valence-electron chi connectivity index (χ3n) is 2.99. The molecule has 0 radical (unpaired) electrons. The molecule has 1 aliphatic rings. The summed E-state index contributed by atoms with van der Waals surface area (Å²) in [4.78, 5) is 13.5. The Kier molecular flexibility index (Phi) is 3.43. The molecule has 1 aliphatic heterocycles. The summed E-state index contributed by atoms with van der Waals surface area (Å²) in [6.45, 7) is 1.55. The van der Waals surface area contributed by atoms with Crippen molar-refractivity contribution in [2.24, 2.45) is 5.92 Å². The normalized spacial score (nSPS) is 32.9. The first-order valence-electron chi connectivity index (χ1n) is 5.30. The number of hydrogen-bond acceptors (Lipinski definition) is 5. The van der Waals surface area contributed by atoms with Crippen molar-refractivity contribution in [3.8, 4) is 0 Å². The lowest BCUT2D eigenvalue weighted by molar-refractivity contribution is -0.0470. The van der Waals surface area contributed by atoms with Gasteiger partial charge < -0.3 is 14.9 Å². The van der Waals surface area contributed by atoms with Gasteiger partial charge in [0.15, 0.2) is 4.77 Å². The Hall–Kier alpha value is -1.02. The molecule has 0 spiro atoms. The van der Waals surface area contributed by atoms with E-state index in [1.807, 2.05) is 0 Å². The number of hydrogen-bond donors (Lipinski definition) is 3. The van der Waals surface area contributed by atoms with Crippen LogP contribution in [0.4, 0.5) is 0 Å². The van der Waals surface area contributed by atoms with E-state index < -0.39 is 18.4 Å². The van der Waals surface area contributed by atoms with Gasteiger partial charge in [0, 0.05) is 18.2 Å². The van der Waals surface area contributed by atoms with Gasteiger partial charge in [-0.3, -0.25) is 14.3 Å². The third kappa shape index (κ3) is 2.19. The highest BCUT2D eigenvalue weighted by Crippen LogP contribution is 2.33.